The molecule has 1 aromatic rings. The molecule has 0 aromatic heterocycles. The number of ketones is 1. The van der Waals surface area contributed by atoms with E-state index < -0.39 is 5.60 Å². The molecule has 0 unspecified atom stereocenters. The van der Waals surface area contributed by atoms with Crippen LogP contribution in [-0.4, -0.2) is 48.7 Å². The maximum Gasteiger partial charge on any atom is 0.410 e. The number of nitriles is 1. The van der Waals surface area contributed by atoms with Crippen LogP contribution >= 0.6 is 11.6 Å². The maximum atomic E-state index is 12.6. The predicted octanol–water partition coefficient (Wildman–Crippen LogP) is 4.77. The van der Waals surface area contributed by atoms with E-state index >= 15 is 0 Å². The van der Waals surface area contributed by atoms with Crippen molar-refractivity contribution in [2.75, 3.05) is 20.3 Å². The molecule has 7 heteroatoms. The van der Waals surface area contributed by atoms with Crippen molar-refractivity contribution in [2.24, 2.45) is 5.92 Å². The number of methoxy groups -OCH3 is 1. The maximum absolute atomic E-state index is 12.6. The Bertz CT molecular complexity index is 797. The Kier molecular flexibility index (Phi) is 8.69. The SMILES string of the molecule is COC[C@H]1C[C@@H](CCCC(=O)Cc2cc(Cl)cc(C#N)c2)N(C(=O)OC(C)(C)C)C1. The van der Waals surface area contributed by atoms with Crippen LogP contribution < -0.4 is 0 Å². The van der Waals surface area contributed by atoms with Gasteiger partial charge in [-0.15, -0.1) is 0 Å². The quantitative estimate of drug-likeness (QED) is 0.589. The zero-order valence-corrected chi connectivity index (χ0v) is 19.0. The molecule has 2 atom stereocenters. The summed E-state index contributed by atoms with van der Waals surface area (Å²) >= 11 is 6.01. The van der Waals surface area contributed by atoms with Gasteiger partial charge in [0.15, 0.2) is 0 Å². The summed E-state index contributed by atoms with van der Waals surface area (Å²) < 4.78 is 10.8. The third-order valence-corrected chi connectivity index (χ3v) is 5.23. The van der Waals surface area contributed by atoms with Crippen molar-refractivity contribution in [3.05, 3.63) is 34.3 Å². The van der Waals surface area contributed by atoms with E-state index in [0.717, 1.165) is 18.4 Å². The van der Waals surface area contributed by atoms with E-state index in [1.54, 1.807) is 30.2 Å². The van der Waals surface area contributed by atoms with Crippen LogP contribution in [0, 0.1) is 17.2 Å². The molecule has 1 aromatic carbocycles. The van der Waals surface area contributed by atoms with Gasteiger partial charge in [-0.2, -0.15) is 5.26 Å². The first-order chi connectivity index (χ1) is 14.1. The van der Waals surface area contributed by atoms with Gasteiger partial charge in [0, 0.05) is 43.5 Å². The summed E-state index contributed by atoms with van der Waals surface area (Å²) in [4.78, 5) is 26.8. The normalized spacial score (nSPS) is 18.9. The molecule has 164 valence electrons. The number of ether oxygens (including phenoxy) is 2. The van der Waals surface area contributed by atoms with Gasteiger partial charge in [0.2, 0.25) is 0 Å². The summed E-state index contributed by atoms with van der Waals surface area (Å²) in [5.41, 5.74) is 0.657. The van der Waals surface area contributed by atoms with Crippen LogP contribution in [0.4, 0.5) is 4.79 Å². The molecule has 0 radical (unpaired) electrons. The number of Topliss-reactive ketones (excluding diaryl/α,β-unsaturated/α-hetero) is 1. The highest BCUT2D eigenvalue weighted by Crippen LogP contribution is 2.29. The van der Waals surface area contributed by atoms with Crippen LogP contribution in [0.2, 0.25) is 5.02 Å². The van der Waals surface area contributed by atoms with Crippen LogP contribution in [-0.2, 0) is 20.7 Å². The van der Waals surface area contributed by atoms with E-state index in [2.05, 4.69) is 6.07 Å². The second-order valence-corrected chi connectivity index (χ2v) is 9.35. The van der Waals surface area contributed by atoms with Gasteiger partial charge in [-0.25, -0.2) is 4.79 Å². The van der Waals surface area contributed by atoms with E-state index in [4.69, 9.17) is 26.3 Å². The van der Waals surface area contributed by atoms with Gasteiger partial charge in [-0.3, -0.25) is 4.79 Å². The van der Waals surface area contributed by atoms with Crippen molar-refractivity contribution in [1.82, 2.24) is 4.90 Å². The molecule has 30 heavy (non-hydrogen) atoms. The Hall–Kier alpha value is -2.10. The number of halogens is 1. The number of carbonyl (C=O) groups is 2. The number of carbonyl (C=O) groups excluding carboxylic acids is 2. The molecule has 2 rings (SSSR count). The fraction of sp³-hybridized carbons (Fsp3) is 0.609. The summed E-state index contributed by atoms with van der Waals surface area (Å²) in [6, 6.07) is 7.09. The molecular weight excluding hydrogens is 404 g/mol. The van der Waals surface area contributed by atoms with Crippen LogP contribution in [0.15, 0.2) is 18.2 Å². The van der Waals surface area contributed by atoms with Gasteiger partial charge in [0.05, 0.1) is 18.2 Å². The van der Waals surface area contributed by atoms with Crippen LogP contribution in [0.25, 0.3) is 0 Å². The highest BCUT2D eigenvalue weighted by Gasteiger charge is 2.37. The zero-order chi connectivity index (χ0) is 22.3. The lowest BCUT2D eigenvalue weighted by Crippen LogP contribution is -2.40. The number of rotatable bonds is 8. The number of hydrogen-bond donors (Lipinski definition) is 0. The van der Waals surface area contributed by atoms with Gasteiger partial charge < -0.3 is 14.4 Å². The van der Waals surface area contributed by atoms with E-state index in [1.165, 1.54) is 0 Å². The minimum absolute atomic E-state index is 0.0455. The molecule has 0 saturated carbocycles. The van der Waals surface area contributed by atoms with Gasteiger partial charge in [-0.05, 0) is 63.8 Å². The van der Waals surface area contributed by atoms with E-state index in [9.17, 15) is 9.59 Å². The first kappa shape index (κ1) is 24.2. The predicted molar refractivity (Wildman–Crippen MR) is 115 cm³/mol. The van der Waals surface area contributed by atoms with Gasteiger partial charge in [0.1, 0.15) is 11.4 Å². The monoisotopic (exact) mass is 434 g/mol. The molecule has 1 saturated heterocycles. The van der Waals surface area contributed by atoms with Crippen LogP contribution in [0.3, 0.4) is 0 Å². The first-order valence-electron chi connectivity index (χ1n) is 10.3. The van der Waals surface area contributed by atoms with E-state index in [-0.39, 0.29) is 30.3 Å². The smallest absolute Gasteiger partial charge is 0.410 e. The molecule has 0 spiro atoms. The third kappa shape index (κ3) is 7.62. The Morgan fingerprint density at radius 1 is 1.30 bits per heavy atom. The summed E-state index contributed by atoms with van der Waals surface area (Å²) in [5, 5.41) is 9.50. The highest BCUT2D eigenvalue weighted by molar-refractivity contribution is 6.30. The number of benzene rings is 1. The van der Waals surface area contributed by atoms with Crippen molar-refractivity contribution in [3.63, 3.8) is 0 Å². The lowest BCUT2D eigenvalue weighted by atomic mass is 9.99. The topological polar surface area (TPSA) is 79.6 Å². The Morgan fingerprint density at radius 3 is 2.67 bits per heavy atom. The van der Waals surface area contributed by atoms with E-state index in [1.807, 2.05) is 20.8 Å². The van der Waals surface area contributed by atoms with Gasteiger partial charge >= 0.3 is 6.09 Å². The molecule has 0 bridgehead atoms. The van der Waals surface area contributed by atoms with Crippen molar-refractivity contribution >= 4 is 23.5 Å². The largest absolute Gasteiger partial charge is 0.444 e. The first-order valence-corrected chi connectivity index (χ1v) is 10.7. The molecule has 6 nitrogen and oxygen atoms in total. The number of hydrogen-bond acceptors (Lipinski definition) is 5. The molecule has 1 fully saturated rings. The number of amides is 1. The van der Waals surface area contributed by atoms with Crippen molar-refractivity contribution in [2.45, 2.75) is 64.5 Å². The summed E-state index contributed by atoms with van der Waals surface area (Å²) in [5.74, 6) is 0.371. The van der Waals surface area contributed by atoms with Crippen LogP contribution in [0.5, 0.6) is 0 Å². The Morgan fingerprint density at radius 2 is 2.03 bits per heavy atom. The number of likely N-dealkylation sites (tertiary alicyclic amines) is 1. The summed E-state index contributed by atoms with van der Waals surface area (Å²) in [6.07, 6.45) is 2.64. The van der Waals surface area contributed by atoms with Crippen molar-refractivity contribution < 1.29 is 19.1 Å². The molecule has 1 heterocycles. The zero-order valence-electron chi connectivity index (χ0n) is 18.2. The summed E-state index contributed by atoms with van der Waals surface area (Å²) in [6.45, 7) is 6.78. The van der Waals surface area contributed by atoms with Gasteiger partial charge in [0.25, 0.3) is 0 Å². The lowest BCUT2D eigenvalue weighted by Gasteiger charge is -2.28. The average Bonchev–Trinajstić information content (AvgIpc) is 3.03. The van der Waals surface area contributed by atoms with E-state index in [0.29, 0.717) is 36.6 Å². The Labute approximate surface area is 184 Å². The second kappa shape index (κ2) is 10.8. The third-order valence-electron chi connectivity index (χ3n) is 5.01. The van der Waals surface area contributed by atoms with Crippen molar-refractivity contribution in [3.8, 4) is 6.07 Å². The molecule has 1 aliphatic rings. The number of nitrogens with zero attached hydrogens (tertiary/aromatic N) is 2. The second-order valence-electron chi connectivity index (χ2n) is 8.91. The fourth-order valence-electron chi connectivity index (χ4n) is 3.86. The minimum Gasteiger partial charge on any atom is -0.444 e. The van der Waals surface area contributed by atoms with Crippen LogP contribution in [0.1, 0.15) is 57.6 Å². The molecule has 1 amide bonds. The molecule has 0 N–H and O–H groups in total. The molecule has 0 aliphatic carbocycles. The standard InChI is InChI=1S/C23H31ClN2O4/c1-23(2,3)30-22(28)26-14-18(15-29-4)11-20(26)6-5-7-21(27)12-16-8-17(13-25)10-19(24)9-16/h8-10,18,20H,5-7,11-12,14-15H2,1-4H3/t18-,20+/m0/s1. The Balaban J connectivity index is 1.90. The average molecular weight is 435 g/mol. The van der Waals surface area contributed by atoms with Gasteiger partial charge in [-0.1, -0.05) is 11.6 Å². The molecular formula is C23H31ClN2O4. The fourth-order valence-corrected chi connectivity index (χ4v) is 4.11. The lowest BCUT2D eigenvalue weighted by molar-refractivity contribution is -0.118. The van der Waals surface area contributed by atoms with Crippen molar-refractivity contribution in [1.29, 1.82) is 5.26 Å². The summed E-state index contributed by atoms with van der Waals surface area (Å²) in [7, 11) is 1.66. The highest BCUT2D eigenvalue weighted by atomic mass is 35.5. The molecule has 1 aliphatic heterocycles. The minimum atomic E-state index is -0.545.